The third-order valence-corrected chi connectivity index (χ3v) is 10.1. The van der Waals surface area contributed by atoms with Gasteiger partial charge in [-0.15, -0.1) is 0 Å². The van der Waals surface area contributed by atoms with Crippen molar-refractivity contribution in [2.45, 2.75) is 68.7 Å². The lowest BCUT2D eigenvalue weighted by Crippen LogP contribution is -2.48. The van der Waals surface area contributed by atoms with E-state index >= 15 is 4.39 Å². The highest BCUT2D eigenvalue weighted by molar-refractivity contribution is 6.30. The Labute approximate surface area is 242 Å². The van der Waals surface area contributed by atoms with Crippen molar-refractivity contribution < 1.29 is 23.5 Å². The van der Waals surface area contributed by atoms with E-state index in [1.54, 1.807) is 19.1 Å². The molecule has 1 aliphatic carbocycles. The predicted molar refractivity (Wildman–Crippen MR) is 153 cm³/mol. The van der Waals surface area contributed by atoms with E-state index in [0.29, 0.717) is 69.3 Å². The van der Waals surface area contributed by atoms with Crippen LogP contribution in [-0.4, -0.2) is 99.5 Å². The fourth-order valence-electron chi connectivity index (χ4n) is 7.50. The molecule has 3 aliphatic heterocycles. The first-order valence-corrected chi connectivity index (χ1v) is 15.2. The maximum Gasteiger partial charge on any atom is 0.261 e. The molecule has 3 atom stereocenters. The first kappa shape index (κ1) is 29.5. The summed E-state index contributed by atoms with van der Waals surface area (Å²) in [6.45, 7) is 3.60. The molecule has 0 spiro atoms. The van der Waals surface area contributed by atoms with Crippen molar-refractivity contribution in [1.82, 2.24) is 9.80 Å². The normalized spacial score (nSPS) is 32.1. The summed E-state index contributed by atoms with van der Waals surface area (Å²) in [6.07, 6.45) is 5.89. The van der Waals surface area contributed by atoms with E-state index in [1.807, 2.05) is 18.2 Å². The van der Waals surface area contributed by atoms with Crippen LogP contribution in [0.2, 0.25) is 5.02 Å². The van der Waals surface area contributed by atoms with Crippen LogP contribution in [0.25, 0.3) is 0 Å². The highest BCUT2D eigenvalue weighted by Gasteiger charge is 2.51. The molecule has 8 nitrogen and oxygen atoms in total. The smallest absolute Gasteiger partial charge is 0.261 e. The number of hydrogen-bond donors (Lipinski definition) is 1. The molecule has 10 heteroatoms. The number of methoxy groups -OCH3 is 2. The highest BCUT2D eigenvalue weighted by Crippen LogP contribution is 2.42. The van der Waals surface area contributed by atoms with E-state index in [9.17, 15) is 9.59 Å². The van der Waals surface area contributed by atoms with Crippen LogP contribution >= 0.6 is 11.6 Å². The Hall–Kier alpha value is -1.94. The Morgan fingerprint density at radius 3 is 2.45 bits per heavy atom. The minimum absolute atomic E-state index is 0.00421. The zero-order valence-electron chi connectivity index (χ0n) is 23.8. The second kappa shape index (κ2) is 12.5. The van der Waals surface area contributed by atoms with Crippen molar-refractivity contribution in [3.05, 3.63) is 28.8 Å². The van der Waals surface area contributed by atoms with Gasteiger partial charge in [0.1, 0.15) is 0 Å². The SMILES string of the molecule is COC[C@H]1CN(C(=O)[C@@]2(F)CCN([C@H]3CC[C@H](OC)CC3)C2)C[C@@H]1c1ccc(Cl)cc1N1CCC(C(N)=O)CC1. The number of nitrogens with two attached hydrogens (primary N) is 1. The van der Waals surface area contributed by atoms with Gasteiger partial charge in [-0.05, 0) is 56.2 Å². The van der Waals surface area contributed by atoms with Crippen LogP contribution in [0, 0.1) is 11.8 Å². The first-order valence-electron chi connectivity index (χ1n) is 14.8. The molecule has 4 fully saturated rings. The van der Waals surface area contributed by atoms with Crippen molar-refractivity contribution >= 4 is 29.1 Å². The number of likely N-dealkylation sites (tertiary alicyclic amines) is 2. The Morgan fingerprint density at radius 2 is 1.80 bits per heavy atom. The van der Waals surface area contributed by atoms with Gasteiger partial charge in [-0.3, -0.25) is 14.5 Å². The van der Waals surface area contributed by atoms with E-state index in [1.165, 1.54) is 0 Å². The van der Waals surface area contributed by atoms with E-state index < -0.39 is 5.67 Å². The summed E-state index contributed by atoms with van der Waals surface area (Å²) in [5.74, 6) is -0.703. The Morgan fingerprint density at radius 1 is 1.07 bits per heavy atom. The van der Waals surface area contributed by atoms with Crippen LogP contribution in [0.3, 0.4) is 0 Å². The second-order valence-corrected chi connectivity index (χ2v) is 12.7. The molecule has 1 aromatic rings. The number of carbonyl (C=O) groups excluding carboxylic acids is 2. The number of anilines is 1. The topological polar surface area (TPSA) is 88.3 Å². The highest BCUT2D eigenvalue weighted by atomic mass is 35.5. The number of carbonyl (C=O) groups is 2. The van der Waals surface area contributed by atoms with Gasteiger partial charge in [0.25, 0.3) is 5.91 Å². The number of benzene rings is 1. The van der Waals surface area contributed by atoms with Crippen molar-refractivity contribution in [3.8, 4) is 0 Å². The molecule has 1 saturated carbocycles. The summed E-state index contributed by atoms with van der Waals surface area (Å²) in [4.78, 5) is 31.6. The summed E-state index contributed by atoms with van der Waals surface area (Å²) in [6, 6.07) is 6.21. The molecule has 0 aromatic heterocycles. The maximum absolute atomic E-state index is 16.3. The van der Waals surface area contributed by atoms with E-state index in [-0.39, 0.29) is 42.5 Å². The summed E-state index contributed by atoms with van der Waals surface area (Å²) >= 11 is 6.45. The standard InChI is InChI=1S/C30H44ClFN4O4/c1-39-18-21-16-36(29(38)30(32)11-14-35(19-30)23-4-6-24(40-2)7-5-23)17-26(21)25-8-3-22(31)15-27(25)34-12-9-20(10-13-34)28(33)37/h3,8,15,20-21,23-24,26H,4-7,9-14,16-19H2,1-2H3,(H2,33,37)/t21-,23-,24-,26+,30-/m1/s1. The van der Waals surface area contributed by atoms with Gasteiger partial charge in [0.2, 0.25) is 11.6 Å². The van der Waals surface area contributed by atoms with Crippen LogP contribution in [-0.2, 0) is 19.1 Å². The minimum Gasteiger partial charge on any atom is -0.384 e. The lowest BCUT2D eigenvalue weighted by molar-refractivity contribution is -0.142. The summed E-state index contributed by atoms with van der Waals surface area (Å²) in [7, 11) is 3.42. The quantitative estimate of drug-likeness (QED) is 0.507. The van der Waals surface area contributed by atoms with Crippen molar-refractivity contribution in [2.24, 2.45) is 17.6 Å². The Bertz CT molecular complexity index is 1060. The molecule has 3 saturated heterocycles. The van der Waals surface area contributed by atoms with Crippen LogP contribution in [0.5, 0.6) is 0 Å². The molecule has 0 radical (unpaired) electrons. The van der Waals surface area contributed by atoms with Crippen LogP contribution in [0.1, 0.15) is 56.4 Å². The molecule has 2 N–H and O–H groups in total. The first-order chi connectivity index (χ1) is 19.2. The molecule has 2 amide bonds. The largest absolute Gasteiger partial charge is 0.384 e. The van der Waals surface area contributed by atoms with Crippen molar-refractivity contribution in [2.75, 3.05) is 65.0 Å². The molecule has 3 heterocycles. The zero-order valence-corrected chi connectivity index (χ0v) is 24.6. The van der Waals surface area contributed by atoms with Gasteiger partial charge in [-0.1, -0.05) is 17.7 Å². The van der Waals surface area contributed by atoms with Gasteiger partial charge in [0.05, 0.1) is 12.7 Å². The number of halogens is 2. The van der Waals surface area contributed by atoms with Gasteiger partial charge in [0.15, 0.2) is 0 Å². The maximum atomic E-state index is 16.3. The molecule has 4 aliphatic rings. The molecule has 5 rings (SSSR count). The molecule has 0 unspecified atom stereocenters. The van der Waals surface area contributed by atoms with Gasteiger partial charge in [0, 0.05) is 94.4 Å². The second-order valence-electron chi connectivity index (χ2n) is 12.3. The van der Waals surface area contributed by atoms with E-state index in [4.69, 9.17) is 26.8 Å². The molecule has 0 bridgehead atoms. The average molecular weight is 579 g/mol. The number of primary amides is 1. The number of amides is 2. The third kappa shape index (κ3) is 6.13. The summed E-state index contributed by atoms with van der Waals surface area (Å²) in [5.41, 5.74) is 5.81. The van der Waals surface area contributed by atoms with E-state index in [2.05, 4.69) is 9.80 Å². The molecular weight excluding hydrogens is 535 g/mol. The fraction of sp³-hybridized carbons (Fsp3) is 0.733. The lowest BCUT2D eigenvalue weighted by atomic mass is 9.87. The average Bonchev–Trinajstić information content (AvgIpc) is 3.57. The Kier molecular flexibility index (Phi) is 9.24. The molecule has 1 aromatic carbocycles. The van der Waals surface area contributed by atoms with Crippen LogP contribution in [0.15, 0.2) is 18.2 Å². The number of nitrogens with zero attached hydrogens (tertiary/aromatic N) is 3. The number of rotatable bonds is 8. The minimum atomic E-state index is -1.86. The summed E-state index contributed by atoms with van der Waals surface area (Å²) in [5, 5.41) is 0.637. The number of piperidine rings is 1. The van der Waals surface area contributed by atoms with Gasteiger partial charge >= 0.3 is 0 Å². The van der Waals surface area contributed by atoms with Crippen molar-refractivity contribution in [3.63, 3.8) is 0 Å². The predicted octanol–water partition coefficient (Wildman–Crippen LogP) is 3.60. The van der Waals surface area contributed by atoms with Crippen LogP contribution in [0.4, 0.5) is 10.1 Å². The lowest BCUT2D eigenvalue weighted by Gasteiger charge is -2.35. The molecule has 222 valence electrons. The van der Waals surface area contributed by atoms with Gasteiger partial charge < -0.3 is 25.0 Å². The summed E-state index contributed by atoms with van der Waals surface area (Å²) < 4.78 is 27.4. The third-order valence-electron chi connectivity index (χ3n) is 9.86. The zero-order chi connectivity index (χ0) is 28.4. The number of alkyl halides is 1. The number of hydrogen-bond acceptors (Lipinski definition) is 6. The van der Waals surface area contributed by atoms with Gasteiger partial charge in [-0.25, -0.2) is 4.39 Å². The molecule has 40 heavy (non-hydrogen) atoms. The Balaban J connectivity index is 1.30. The van der Waals surface area contributed by atoms with Crippen LogP contribution < -0.4 is 10.6 Å². The van der Waals surface area contributed by atoms with Gasteiger partial charge in [-0.2, -0.15) is 0 Å². The monoisotopic (exact) mass is 578 g/mol. The molecular formula is C30H44ClFN4O4. The fourth-order valence-corrected chi connectivity index (χ4v) is 7.66. The van der Waals surface area contributed by atoms with E-state index in [0.717, 1.165) is 36.9 Å². The number of ether oxygens (including phenoxy) is 2. The van der Waals surface area contributed by atoms with Crippen molar-refractivity contribution in [1.29, 1.82) is 0 Å².